The number of carbonyl (C=O) groups excluding carboxylic acids is 2. The summed E-state index contributed by atoms with van der Waals surface area (Å²) in [5.41, 5.74) is 0.942. The lowest BCUT2D eigenvalue weighted by Crippen LogP contribution is -2.30. The molecule has 1 aliphatic heterocycles. The van der Waals surface area contributed by atoms with Gasteiger partial charge in [0.2, 0.25) is 17.6 Å². The number of methoxy groups -OCH3 is 3. The lowest BCUT2D eigenvalue weighted by atomic mass is 10.1. The predicted molar refractivity (Wildman–Crippen MR) is 97.9 cm³/mol. The second-order valence-electron chi connectivity index (χ2n) is 6.22. The van der Waals surface area contributed by atoms with Crippen LogP contribution in [-0.2, 0) is 16.0 Å². The maximum Gasteiger partial charge on any atom is 0.222 e. The van der Waals surface area contributed by atoms with Gasteiger partial charge in [-0.15, -0.1) is 0 Å². The Morgan fingerprint density at radius 3 is 2.38 bits per heavy atom. The van der Waals surface area contributed by atoms with Gasteiger partial charge in [-0.2, -0.15) is 0 Å². The zero-order chi connectivity index (χ0) is 18.9. The highest BCUT2D eigenvalue weighted by molar-refractivity contribution is 5.78. The van der Waals surface area contributed by atoms with E-state index in [1.807, 2.05) is 17.0 Å². The Morgan fingerprint density at radius 1 is 1.15 bits per heavy atom. The maximum absolute atomic E-state index is 12.0. The molecule has 0 saturated carbocycles. The third kappa shape index (κ3) is 5.28. The molecule has 1 saturated heterocycles. The van der Waals surface area contributed by atoms with Gasteiger partial charge < -0.3 is 24.4 Å². The van der Waals surface area contributed by atoms with Crippen molar-refractivity contribution in [2.45, 2.75) is 32.1 Å². The fraction of sp³-hybridized carbons (Fsp3) is 0.579. The molecule has 0 aliphatic carbocycles. The van der Waals surface area contributed by atoms with E-state index in [4.69, 9.17) is 14.2 Å². The van der Waals surface area contributed by atoms with Crippen LogP contribution in [0, 0.1) is 0 Å². The first kappa shape index (κ1) is 19.9. The molecular weight excluding hydrogens is 336 g/mol. The van der Waals surface area contributed by atoms with Gasteiger partial charge in [0.15, 0.2) is 11.5 Å². The first-order valence-corrected chi connectivity index (χ1v) is 8.92. The van der Waals surface area contributed by atoms with Crippen LogP contribution in [0.1, 0.15) is 31.2 Å². The van der Waals surface area contributed by atoms with E-state index in [1.54, 1.807) is 21.3 Å². The molecule has 0 radical (unpaired) electrons. The van der Waals surface area contributed by atoms with Gasteiger partial charge in [-0.05, 0) is 37.0 Å². The minimum absolute atomic E-state index is 0.00787. The van der Waals surface area contributed by atoms with E-state index in [1.165, 1.54) is 0 Å². The molecular formula is C19H28N2O5. The summed E-state index contributed by atoms with van der Waals surface area (Å²) < 4.78 is 15.9. The zero-order valence-corrected chi connectivity index (χ0v) is 15.8. The third-order valence-electron chi connectivity index (χ3n) is 4.46. The first-order valence-electron chi connectivity index (χ1n) is 8.92. The van der Waals surface area contributed by atoms with Crippen LogP contribution in [0.2, 0.25) is 0 Å². The van der Waals surface area contributed by atoms with Gasteiger partial charge in [0.1, 0.15) is 0 Å². The van der Waals surface area contributed by atoms with Gasteiger partial charge in [0.05, 0.1) is 21.3 Å². The lowest BCUT2D eigenvalue weighted by Gasteiger charge is -2.15. The van der Waals surface area contributed by atoms with Crippen molar-refractivity contribution in [3.05, 3.63) is 17.7 Å². The number of nitrogens with one attached hydrogen (secondary N) is 1. The summed E-state index contributed by atoms with van der Waals surface area (Å²) in [6, 6.07) is 3.71. The fourth-order valence-electron chi connectivity index (χ4n) is 3.06. The number of hydrogen-bond acceptors (Lipinski definition) is 5. The molecule has 1 heterocycles. The molecule has 1 aromatic carbocycles. The lowest BCUT2D eigenvalue weighted by molar-refractivity contribution is -0.127. The molecule has 0 unspecified atom stereocenters. The number of rotatable bonds is 10. The molecule has 7 nitrogen and oxygen atoms in total. The molecule has 0 aromatic heterocycles. The average Bonchev–Trinajstić information content (AvgIpc) is 3.07. The van der Waals surface area contributed by atoms with Crippen LogP contribution in [0.4, 0.5) is 0 Å². The highest BCUT2D eigenvalue weighted by atomic mass is 16.5. The SMILES string of the molecule is COc1cc(CCC(=O)NCCCN2CCCC2=O)cc(OC)c1OC. The number of benzene rings is 1. The number of amides is 2. The van der Waals surface area contributed by atoms with E-state index >= 15 is 0 Å². The van der Waals surface area contributed by atoms with Crippen molar-refractivity contribution in [3.8, 4) is 17.2 Å². The molecule has 26 heavy (non-hydrogen) atoms. The van der Waals surface area contributed by atoms with E-state index in [0.29, 0.717) is 49.6 Å². The van der Waals surface area contributed by atoms with Gasteiger partial charge in [-0.1, -0.05) is 0 Å². The highest BCUT2D eigenvalue weighted by Gasteiger charge is 2.19. The van der Waals surface area contributed by atoms with E-state index < -0.39 is 0 Å². The van der Waals surface area contributed by atoms with E-state index in [0.717, 1.165) is 24.9 Å². The largest absolute Gasteiger partial charge is 0.493 e. The first-order chi connectivity index (χ1) is 12.6. The van der Waals surface area contributed by atoms with Gasteiger partial charge >= 0.3 is 0 Å². The monoisotopic (exact) mass is 364 g/mol. The molecule has 1 aliphatic rings. The number of likely N-dealkylation sites (tertiary alicyclic amines) is 1. The Balaban J connectivity index is 1.77. The van der Waals surface area contributed by atoms with E-state index in [-0.39, 0.29) is 11.8 Å². The molecule has 0 atom stereocenters. The smallest absolute Gasteiger partial charge is 0.222 e. The summed E-state index contributed by atoms with van der Waals surface area (Å²) in [5.74, 6) is 1.92. The topological polar surface area (TPSA) is 77.1 Å². The molecule has 1 fully saturated rings. The zero-order valence-electron chi connectivity index (χ0n) is 15.8. The Bertz CT molecular complexity index is 607. The second kappa shape index (κ2) is 9.89. The van der Waals surface area contributed by atoms with Crippen LogP contribution in [0.3, 0.4) is 0 Å². The third-order valence-corrected chi connectivity index (χ3v) is 4.46. The second-order valence-corrected chi connectivity index (χ2v) is 6.22. The Hall–Kier alpha value is -2.44. The number of ether oxygens (including phenoxy) is 3. The van der Waals surface area contributed by atoms with Gasteiger partial charge in [0.25, 0.3) is 0 Å². The van der Waals surface area contributed by atoms with Crippen molar-refractivity contribution in [1.29, 1.82) is 0 Å². The summed E-state index contributed by atoms with van der Waals surface area (Å²) in [6.45, 7) is 2.14. The number of nitrogens with zero attached hydrogens (tertiary/aromatic N) is 1. The summed E-state index contributed by atoms with van der Waals surface area (Å²) >= 11 is 0. The van der Waals surface area contributed by atoms with E-state index in [2.05, 4.69) is 5.32 Å². The van der Waals surface area contributed by atoms with Crippen LogP contribution >= 0.6 is 0 Å². The van der Waals surface area contributed by atoms with Crippen molar-refractivity contribution >= 4 is 11.8 Å². The Kier molecular flexibility index (Phi) is 7.56. The quantitative estimate of drug-likeness (QED) is 0.641. The molecule has 1 aromatic rings. The number of carbonyl (C=O) groups is 2. The Labute approximate surface area is 154 Å². The molecule has 7 heteroatoms. The van der Waals surface area contributed by atoms with Crippen LogP contribution in [-0.4, -0.2) is 57.7 Å². The van der Waals surface area contributed by atoms with Crippen molar-refractivity contribution in [1.82, 2.24) is 10.2 Å². The summed E-state index contributed by atoms with van der Waals surface area (Å²) in [5, 5.41) is 2.91. The highest BCUT2D eigenvalue weighted by Crippen LogP contribution is 2.38. The van der Waals surface area contributed by atoms with Crippen molar-refractivity contribution in [3.63, 3.8) is 0 Å². The molecule has 1 N–H and O–H groups in total. The van der Waals surface area contributed by atoms with Crippen LogP contribution in [0.5, 0.6) is 17.2 Å². The maximum atomic E-state index is 12.0. The van der Waals surface area contributed by atoms with Gasteiger partial charge in [-0.25, -0.2) is 0 Å². The normalized spacial score (nSPS) is 13.7. The van der Waals surface area contributed by atoms with Crippen LogP contribution in [0.15, 0.2) is 12.1 Å². The Morgan fingerprint density at radius 2 is 1.85 bits per heavy atom. The summed E-state index contributed by atoms with van der Waals surface area (Å²) in [6.07, 6.45) is 3.33. The number of aryl methyl sites for hydroxylation is 1. The van der Waals surface area contributed by atoms with Crippen molar-refractivity contribution < 1.29 is 23.8 Å². The summed E-state index contributed by atoms with van der Waals surface area (Å²) in [7, 11) is 4.70. The van der Waals surface area contributed by atoms with Crippen LogP contribution in [0.25, 0.3) is 0 Å². The minimum atomic E-state index is -0.00787. The fourth-order valence-corrected chi connectivity index (χ4v) is 3.06. The van der Waals surface area contributed by atoms with E-state index in [9.17, 15) is 9.59 Å². The standard InChI is InChI=1S/C19H28N2O5/c1-24-15-12-14(13-16(25-2)19(15)26-3)7-8-17(22)20-9-5-11-21-10-4-6-18(21)23/h12-13H,4-11H2,1-3H3,(H,20,22). The average molecular weight is 364 g/mol. The van der Waals surface area contributed by atoms with Crippen molar-refractivity contribution in [2.24, 2.45) is 0 Å². The molecule has 2 amide bonds. The molecule has 144 valence electrons. The molecule has 0 bridgehead atoms. The number of hydrogen-bond donors (Lipinski definition) is 1. The molecule has 2 rings (SSSR count). The molecule has 0 spiro atoms. The predicted octanol–water partition coefficient (Wildman–Crippen LogP) is 1.77. The minimum Gasteiger partial charge on any atom is -0.493 e. The van der Waals surface area contributed by atoms with Gasteiger partial charge in [0, 0.05) is 32.5 Å². The summed E-state index contributed by atoms with van der Waals surface area (Å²) in [4.78, 5) is 25.4. The van der Waals surface area contributed by atoms with Crippen molar-refractivity contribution in [2.75, 3.05) is 41.0 Å². The van der Waals surface area contributed by atoms with Gasteiger partial charge in [-0.3, -0.25) is 9.59 Å². The van der Waals surface area contributed by atoms with Crippen LogP contribution < -0.4 is 19.5 Å².